The number of aromatic nitrogens is 3. The van der Waals surface area contributed by atoms with Crippen LogP contribution >= 0.6 is 15.9 Å². The minimum atomic E-state index is -0.972. The second-order valence-electron chi connectivity index (χ2n) is 4.16. The van der Waals surface area contributed by atoms with Gasteiger partial charge in [-0.05, 0) is 25.1 Å². The minimum Gasteiger partial charge on any atom is -0.478 e. The molecule has 0 amide bonds. The lowest BCUT2D eigenvalue weighted by Crippen LogP contribution is -2.14. The number of anilines is 1. The minimum absolute atomic E-state index is 0.153. The summed E-state index contributed by atoms with van der Waals surface area (Å²) in [5.74, 6) is -0.239. The van der Waals surface area contributed by atoms with Crippen molar-refractivity contribution in [3.63, 3.8) is 0 Å². The number of carboxylic acid groups (broad SMARTS) is 1. The second-order valence-corrected chi connectivity index (χ2v) is 5.08. The SMILES string of the molecule is CC(Nc1cc(Br)ccc1C(=O)O)c1nncn1C. The first-order valence-electron chi connectivity index (χ1n) is 5.62. The molecule has 1 heterocycles. The maximum absolute atomic E-state index is 11.2. The summed E-state index contributed by atoms with van der Waals surface area (Å²) < 4.78 is 2.60. The number of nitrogens with one attached hydrogen (secondary N) is 1. The van der Waals surface area contributed by atoms with Crippen LogP contribution in [-0.4, -0.2) is 25.8 Å². The van der Waals surface area contributed by atoms with Gasteiger partial charge in [0, 0.05) is 11.5 Å². The summed E-state index contributed by atoms with van der Waals surface area (Å²) in [6.45, 7) is 1.90. The van der Waals surface area contributed by atoms with E-state index in [2.05, 4.69) is 31.4 Å². The van der Waals surface area contributed by atoms with E-state index in [4.69, 9.17) is 5.11 Å². The lowest BCUT2D eigenvalue weighted by molar-refractivity contribution is 0.0698. The topological polar surface area (TPSA) is 80.0 Å². The lowest BCUT2D eigenvalue weighted by atomic mass is 10.1. The number of aryl methyl sites for hydroxylation is 1. The van der Waals surface area contributed by atoms with E-state index in [1.807, 2.05) is 14.0 Å². The van der Waals surface area contributed by atoms with Crippen LogP contribution in [0.5, 0.6) is 0 Å². The highest BCUT2D eigenvalue weighted by Crippen LogP contribution is 2.25. The van der Waals surface area contributed by atoms with Crippen LogP contribution in [0.25, 0.3) is 0 Å². The van der Waals surface area contributed by atoms with Crippen molar-refractivity contribution in [2.75, 3.05) is 5.32 Å². The second kappa shape index (κ2) is 5.40. The largest absolute Gasteiger partial charge is 0.478 e. The molecule has 2 aromatic rings. The van der Waals surface area contributed by atoms with Crippen LogP contribution in [0, 0.1) is 0 Å². The smallest absolute Gasteiger partial charge is 0.337 e. The fourth-order valence-corrected chi connectivity index (χ4v) is 2.17. The van der Waals surface area contributed by atoms with Crippen molar-refractivity contribution in [3.05, 3.63) is 40.4 Å². The quantitative estimate of drug-likeness (QED) is 0.902. The van der Waals surface area contributed by atoms with Gasteiger partial charge in [-0.1, -0.05) is 15.9 Å². The van der Waals surface area contributed by atoms with Crippen molar-refractivity contribution in [2.45, 2.75) is 13.0 Å². The van der Waals surface area contributed by atoms with E-state index in [9.17, 15) is 4.79 Å². The Kier molecular flexibility index (Phi) is 3.84. The lowest BCUT2D eigenvalue weighted by Gasteiger charge is -2.16. The predicted molar refractivity (Wildman–Crippen MR) is 74.1 cm³/mol. The fraction of sp³-hybridized carbons (Fsp3) is 0.250. The third-order valence-electron chi connectivity index (χ3n) is 2.72. The first-order chi connectivity index (χ1) is 8.99. The fourth-order valence-electron chi connectivity index (χ4n) is 1.80. The number of halogens is 1. The van der Waals surface area contributed by atoms with Gasteiger partial charge in [0.15, 0.2) is 5.82 Å². The first-order valence-corrected chi connectivity index (χ1v) is 6.41. The van der Waals surface area contributed by atoms with E-state index in [0.717, 1.165) is 10.3 Å². The molecular formula is C12H13BrN4O2. The van der Waals surface area contributed by atoms with E-state index >= 15 is 0 Å². The van der Waals surface area contributed by atoms with Crippen LogP contribution < -0.4 is 5.32 Å². The maximum atomic E-state index is 11.2. The van der Waals surface area contributed by atoms with Gasteiger partial charge in [0.25, 0.3) is 0 Å². The average Bonchev–Trinajstić information content (AvgIpc) is 2.75. The van der Waals surface area contributed by atoms with Crippen molar-refractivity contribution in [1.29, 1.82) is 0 Å². The van der Waals surface area contributed by atoms with Crippen LogP contribution in [0.1, 0.15) is 29.1 Å². The molecule has 0 aliphatic rings. The first kappa shape index (κ1) is 13.5. The molecule has 0 radical (unpaired) electrons. The molecular weight excluding hydrogens is 312 g/mol. The Balaban J connectivity index is 2.30. The number of hydrogen-bond donors (Lipinski definition) is 2. The highest BCUT2D eigenvalue weighted by molar-refractivity contribution is 9.10. The van der Waals surface area contributed by atoms with Gasteiger partial charge in [0.1, 0.15) is 6.33 Å². The van der Waals surface area contributed by atoms with E-state index < -0.39 is 5.97 Å². The Morgan fingerprint density at radius 3 is 2.84 bits per heavy atom. The molecule has 1 atom stereocenters. The molecule has 1 unspecified atom stereocenters. The zero-order valence-electron chi connectivity index (χ0n) is 10.5. The molecule has 1 aromatic carbocycles. The van der Waals surface area contributed by atoms with Crippen molar-refractivity contribution in [3.8, 4) is 0 Å². The van der Waals surface area contributed by atoms with Gasteiger partial charge in [-0.25, -0.2) is 4.79 Å². The summed E-state index contributed by atoms with van der Waals surface area (Å²) in [6, 6.07) is 4.83. The molecule has 6 nitrogen and oxygen atoms in total. The van der Waals surface area contributed by atoms with Crippen molar-refractivity contribution in [1.82, 2.24) is 14.8 Å². The predicted octanol–water partition coefficient (Wildman–Crippen LogP) is 2.45. The Labute approximate surface area is 118 Å². The van der Waals surface area contributed by atoms with Crippen LogP contribution in [0.15, 0.2) is 29.0 Å². The van der Waals surface area contributed by atoms with Gasteiger partial charge in [0.2, 0.25) is 0 Å². The summed E-state index contributed by atoms with van der Waals surface area (Å²) in [7, 11) is 1.84. The maximum Gasteiger partial charge on any atom is 0.337 e. The number of rotatable bonds is 4. The summed E-state index contributed by atoms with van der Waals surface area (Å²) in [4.78, 5) is 11.2. The molecule has 1 aromatic heterocycles. The summed E-state index contributed by atoms with van der Waals surface area (Å²) in [6.07, 6.45) is 1.60. The molecule has 2 rings (SSSR count). The number of hydrogen-bond acceptors (Lipinski definition) is 4. The van der Waals surface area contributed by atoms with Crippen molar-refractivity contribution in [2.24, 2.45) is 7.05 Å². The molecule has 2 N–H and O–H groups in total. The molecule has 0 spiro atoms. The number of aromatic carboxylic acids is 1. The number of nitrogens with zero attached hydrogens (tertiary/aromatic N) is 3. The molecule has 0 fully saturated rings. The Morgan fingerprint density at radius 1 is 1.53 bits per heavy atom. The molecule has 7 heteroatoms. The van der Waals surface area contributed by atoms with Crippen LogP contribution in [0.4, 0.5) is 5.69 Å². The Hall–Kier alpha value is -1.89. The van der Waals surface area contributed by atoms with E-state index in [1.54, 1.807) is 29.1 Å². The molecule has 0 saturated carbocycles. The van der Waals surface area contributed by atoms with Gasteiger partial charge < -0.3 is 15.0 Å². The highest BCUT2D eigenvalue weighted by atomic mass is 79.9. The summed E-state index contributed by atoms with van der Waals surface area (Å²) in [5, 5.41) is 20.1. The monoisotopic (exact) mass is 324 g/mol. The molecule has 100 valence electrons. The van der Waals surface area contributed by atoms with Crippen LogP contribution in [-0.2, 0) is 7.05 Å². The van der Waals surface area contributed by atoms with Crippen molar-refractivity contribution >= 4 is 27.6 Å². The normalized spacial score (nSPS) is 12.2. The average molecular weight is 325 g/mol. The van der Waals surface area contributed by atoms with Crippen LogP contribution in [0.2, 0.25) is 0 Å². The van der Waals surface area contributed by atoms with Gasteiger partial charge >= 0.3 is 5.97 Å². The molecule has 0 saturated heterocycles. The van der Waals surface area contributed by atoms with E-state index in [0.29, 0.717) is 5.69 Å². The van der Waals surface area contributed by atoms with Gasteiger partial charge in [-0.2, -0.15) is 0 Å². The van der Waals surface area contributed by atoms with E-state index in [1.165, 1.54) is 0 Å². The van der Waals surface area contributed by atoms with Crippen LogP contribution in [0.3, 0.4) is 0 Å². The highest BCUT2D eigenvalue weighted by Gasteiger charge is 2.16. The third kappa shape index (κ3) is 2.93. The molecule has 0 aliphatic heterocycles. The number of carboxylic acids is 1. The zero-order valence-corrected chi connectivity index (χ0v) is 12.0. The van der Waals surface area contributed by atoms with E-state index in [-0.39, 0.29) is 11.6 Å². The molecule has 0 aliphatic carbocycles. The van der Waals surface area contributed by atoms with Gasteiger partial charge in [0.05, 0.1) is 17.3 Å². The Bertz CT molecular complexity index is 612. The van der Waals surface area contributed by atoms with Gasteiger partial charge in [-0.15, -0.1) is 10.2 Å². The summed E-state index contributed by atoms with van der Waals surface area (Å²) in [5.41, 5.74) is 0.759. The molecule has 19 heavy (non-hydrogen) atoms. The number of carbonyl (C=O) groups is 1. The Morgan fingerprint density at radius 2 is 2.26 bits per heavy atom. The standard InChI is InChI=1S/C12H13BrN4O2/c1-7(11-16-14-6-17(11)2)15-10-5-8(13)3-4-9(10)12(18)19/h3-7,15H,1-2H3,(H,18,19). The molecule has 0 bridgehead atoms. The van der Waals surface area contributed by atoms with Gasteiger partial charge in [-0.3, -0.25) is 0 Å². The van der Waals surface area contributed by atoms with Crippen molar-refractivity contribution < 1.29 is 9.90 Å². The summed E-state index contributed by atoms with van der Waals surface area (Å²) >= 11 is 3.33. The zero-order chi connectivity index (χ0) is 14.0. The number of benzene rings is 1. The third-order valence-corrected chi connectivity index (χ3v) is 3.21.